The second kappa shape index (κ2) is 8.81. The molecule has 4 amide bonds. The number of thiazole rings is 1. The Hall–Kier alpha value is -1.96. The van der Waals surface area contributed by atoms with Gasteiger partial charge in [-0.2, -0.15) is 0 Å². The Balaban J connectivity index is 1.17. The number of nitrogens with one attached hydrogen (secondary N) is 2. The van der Waals surface area contributed by atoms with E-state index in [0.29, 0.717) is 19.4 Å². The Labute approximate surface area is 175 Å². The summed E-state index contributed by atoms with van der Waals surface area (Å²) in [5.41, 5.74) is 0.572. The summed E-state index contributed by atoms with van der Waals surface area (Å²) in [7, 11) is 0. The lowest BCUT2D eigenvalue weighted by molar-refractivity contribution is -0.132. The van der Waals surface area contributed by atoms with Gasteiger partial charge in [-0.3, -0.25) is 14.5 Å². The first-order valence-electron chi connectivity index (χ1n) is 11.0. The fourth-order valence-corrected chi connectivity index (χ4v) is 5.85. The molecule has 4 rings (SSSR count). The van der Waals surface area contributed by atoms with E-state index in [1.54, 1.807) is 0 Å². The summed E-state index contributed by atoms with van der Waals surface area (Å²) >= 11 is 1.82. The third-order valence-electron chi connectivity index (χ3n) is 6.30. The molecule has 158 valence electrons. The molecule has 0 bridgehead atoms. The lowest BCUT2D eigenvalue weighted by Gasteiger charge is -2.30. The van der Waals surface area contributed by atoms with Gasteiger partial charge >= 0.3 is 6.03 Å². The Morgan fingerprint density at radius 3 is 2.72 bits per heavy atom. The van der Waals surface area contributed by atoms with Crippen LogP contribution >= 0.6 is 11.3 Å². The zero-order chi connectivity index (χ0) is 20.3. The fraction of sp³-hybridized carbons (Fsp3) is 0.714. The number of fused-ring (bicyclic) bond motifs is 1. The Kier molecular flexibility index (Phi) is 6.18. The van der Waals surface area contributed by atoms with Gasteiger partial charge in [0.25, 0.3) is 5.91 Å². The number of aryl methyl sites for hydroxylation is 3. The van der Waals surface area contributed by atoms with Gasteiger partial charge in [-0.25, -0.2) is 9.78 Å². The summed E-state index contributed by atoms with van der Waals surface area (Å²) in [5.74, 6) is -0.267. The van der Waals surface area contributed by atoms with Gasteiger partial charge in [0.1, 0.15) is 5.54 Å². The number of rotatable bonds is 7. The summed E-state index contributed by atoms with van der Waals surface area (Å²) in [6, 6.07) is -0.350. The smallest absolute Gasteiger partial charge is 0.325 e. The summed E-state index contributed by atoms with van der Waals surface area (Å²) in [6.07, 6.45) is 11.1. The molecular weight excluding hydrogens is 388 g/mol. The number of hydrogen-bond acceptors (Lipinski definition) is 5. The van der Waals surface area contributed by atoms with Gasteiger partial charge in [0.05, 0.1) is 10.7 Å². The van der Waals surface area contributed by atoms with Crippen molar-refractivity contribution < 1.29 is 14.4 Å². The lowest BCUT2D eigenvalue weighted by atomic mass is 9.82. The standard InChI is InChI=1S/C21H30N4O3S/c26-17(22-13-6-9-18-23-15-7-2-3-8-16(15)29-18)10-14-25-19(27)21(24-20(25)28)11-4-1-5-12-21/h1-14H2,(H,22,26)(H,24,28). The Morgan fingerprint density at radius 2 is 1.93 bits per heavy atom. The first-order chi connectivity index (χ1) is 14.1. The molecule has 0 aromatic carbocycles. The van der Waals surface area contributed by atoms with Crippen molar-refractivity contribution in [3.63, 3.8) is 0 Å². The van der Waals surface area contributed by atoms with Crippen LogP contribution in [0.4, 0.5) is 4.79 Å². The predicted octanol–water partition coefficient (Wildman–Crippen LogP) is 2.72. The number of amides is 4. The van der Waals surface area contributed by atoms with E-state index in [2.05, 4.69) is 10.6 Å². The molecule has 1 spiro atoms. The van der Waals surface area contributed by atoms with E-state index in [1.807, 2.05) is 11.3 Å². The van der Waals surface area contributed by atoms with Crippen molar-refractivity contribution in [3.8, 4) is 0 Å². The second-order valence-electron chi connectivity index (χ2n) is 8.42. The van der Waals surface area contributed by atoms with Crippen LogP contribution in [-0.2, 0) is 28.9 Å². The number of aromatic nitrogens is 1. The maximum absolute atomic E-state index is 12.7. The second-order valence-corrected chi connectivity index (χ2v) is 9.59. The molecule has 2 heterocycles. The normalized spacial score (nSPS) is 20.6. The number of carbonyl (C=O) groups excluding carboxylic acids is 3. The van der Waals surface area contributed by atoms with E-state index in [0.717, 1.165) is 44.9 Å². The van der Waals surface area contributed by atoms with Crippen LogP contribution < -0.4 is 10.6 Å². The van der Waals surface area contributed by atoms with Gasteiger partial charge in [0, 0.05) is 30.8 Å². The largest absolute Gasteiger partial charge is 0.356 e. The summed E-state index contributed by atoms with van der Waals surface area (Å²) < 4.78 is 0. The van der Waals surface area contributed by atoms with Crippen molar-refractivity contribution in [2.45, 2.75) is 82.6 Å². The number of carbonyl (C=O) groups is 3. The molecular formula is C21H30N4O3S. The topological polar surface area (TPSA) is 91.4 Å². The molecule has 1 aromatic heterocycles. The molecule has 1 saturated carbocycles. The first-order valence-corrected chi connectivity index (χ1v) is 11.8. The van der Waals surface area contributed by atoms with Crippen LogP contribution in [0.1, 0.15) is 73.4 Å². The third-order valence-corrected chi connectivity index (χ3v) is 7.51. The zero-order valence-corrected chi connectivity index (χ0v) is 17.7. The molecule has 2 N–H and O–H groups in total. The number of imide groups is 1. The van der Waals surface area contributed by atoms with Crippen LogP contribution in [0.5, 0.6) is 0 Å². The van der Waals surface area contributed by atoms with E-state index in [4.69, 9.17) is 4.98 Å². The SMILES string of the molecule is O=C(CCN1C(=O)NC2(CCCCC2)C1=O)NCCCc1nc2c(s1)CCCC2. The highest BCUT2D eigenvalue weighted by Gasteiger charge is 2.51. The minimum absolute atomic E-state index is 0.117. The highest BCUT2D eigenvalue weighted by atomic mass is 32.1. The van der Waals surface area contributed by atoms with E-state index >= 15 is 0 Å². The van der Waals surface area contributed by atoms with E-state index in [-0.39, 0.29) is 30.8 Å². The van der Waals surface area contributed by atoms with Gasteiger partial charge < -0.3 is 10.6 Å². The van der Waals surface area contributed by atoms with Crippen LogP contribution in [0.15, 0.2) is 0 Å². The third kappa shape index (κ3) is 4.47. The quantitative estimate of drug-likeness (QED) is 0.526. The van der Waals surface area contributed by atoms with E-state index in [1.165, 1.54) is 33.3 Å². The predicted molar refractivity (Wildman–Crippen MR) is 111 cm³/mol. The summed E-state index contributed by atoms with van der Waals surface area (Å²) in [4.78, 5) is 44.5. The number of urea groups is 1. The molecule has 0 unspecified atom stereocenters. The van der Waals surface area contributed by atoms with Crippen molar-refractivity contribution in [3.05, 3.63) is 15.6 Å². The van der Waals surface area contributed by atoms with Crippen LogP contribution in [-0.4, -0.2) is 46.4 Å². The summed E-state index contributed by atoms with van der Waals surface area (Å²) in [5, 5.41) is 6.96. The molecule has 0 atom stereocenters. The van der Waals surface area contributed by atoms with Crippen LogP contribution in [0.3, 0.4) is 0 Å². The zero-order valence-electron chi connectivity index (χ0n) is 16.9. The van der Waals surface area contributed by atoms with Crippen LogP contribution in [0, 0.1) is 0 Å². The average Bonchev–Trinajstić information content (AvgIpc) is 3.23. The van der Waals surface area contributed by atoms with Crippen molar-refractivity contribution >= 4 is 29.2 Å². The van der Waals surface area contributed by atoms with Crippen molar-refractivity contribution in [1.82, 2.24) is 20.5 Å². The molecule has 0 radical (unpaired) electrons. The highest BCUT2D eigenvalue weighted by Crippen LogP contribution is 2.33. The monoisotopic (exact) mass is 418 g/mol. The average molecular weight is 419 g/mol. The van der Waals surface area contributed by atoms with Gasteiger partial charge in [0.15, 0.2) is 0 Å². The van der Waals surface area contributed by atoms with Crippen LogP contribution in [0.2, 0.25) is 0 Å². The van der Waals surface area contributed by atoms with E-state index < -0.39 is 5.54 Å². The van der Waals surface area contributed by atoms with Crippen molar-refractivity contribution in [2.24, 2.45) is 0 Å². The number of nitrogens with zero attached hydrogens (tertiary/aromatic N) is 2. The minimum atomic E-state index is -0.710. The minimum Gasteiger partial charge on any atom is -0.356 e. The molecule has 1 saturated heterocycles. The Bertz CT molecular complexity index is 761. The first kappa shape index (κ1) is 20.3. The maximum Gasteiger partial charge on any atom is 0.325 e. The maximum atomic E-state index is 12.7. The van der Waals surface area contributed by atoms with Gasteiger partial charge in [-0.1, -0.05) is 19.3 Å². The molecule has 2 aliphatic carbocycles. The lowest BCUT2D eigenvalue weighted by Crippen LogP contribution is -2.48. The fourth-order valence-electron chi connectivity index (χ4n) is 4.66. The van der Waals surface area contributed by atoms with Crippen LogP contribution in [0.25, 0.3) is 0 Å². The molecule has 1 aliphatic heterocycles. The van der Waals surface area contributed by atoms with Crippen molar-refractivity contribution in [1.29, 1.82) is 0 Å². The molecule has 8 heteroatoms. The van der Waals surface area contributed by atoms with Gasteiger partial charge in [0.2, 0.25) is 5.91 Å². The molecule has 1 aromatic rings. The molecule has 29 heavy (non-hydrogen) atoms. The highest BCUT2D eigenvalue weighted by molar-refractivity contribution is 7.11. The van der Waals surface area contributed by atoms with Gasteiger partial charge in [-0.15, -0.1) is 11.3 Å². The molecule has 2 fully saturated rings. The Morgan fingerprint density at radius 1 is 1.14 bits per heavy atom. The van der Waals surface area contributed by atoms with E-state index in [9.17, 15) is 14.4 Å². The number of hydrogen-bond donors (Lipinski definition) is 2. The molecule has 3 aliphatic rings. The van der Waals surface area contributed by atoms with Gasteiger partial charge in [-0.05, 0) is 44.9 Å². The van der Waals surface area contributed by atoms with Crippen molar-refractivity contribution in [2.75, 3.05) is 13.1 Å². The summed E-state index contributed by atoms with van der Waals surface area (Å²) in [6.45, 7) is 0.741. The molecule has 7 nitrogen and oxygen atoms in total.